The van der Waals surface area contributed by atoms with Gasteiger partial charge in [0.2, 0.25) is 18.0 Å². The van der Waals surface area contributed by atoms with Crippen molar-refractivity contribution < 1.29 is 66.5 Å². The molecule has 2 aliphatic rings. The van der Waals surface area contributed by atoms with E-state index in [1.165, 1.54) is 0 Å². The van der Waals surface area contributed by atoms with Gasteiger partial charge in [0.1, 0.15) is 30.5 Å². The molecule has 0 aromatic carbocycles. The van der Waals surface area contributed by atoms with Crippen LogP contribution in [0.4, 0.5) is 0 Å². The number of aliphatic hydroxyl groups is 4. The number of hydrogen-bond donors (Lipinski definition) is 7. The molecule has 172 valence electrons. The zero-order valence-corrected chi connectivity index (χ0v) is 16.1. The molecule has 0 radical (unpaired) electrons. The summed E-state index contributed by atoms with van der Waals surface area (Å²) in [5.41, 5.74) is 0. The van der Waals surface area contributed by atoms with Crippen LogP contribution in [0.5, 0.6) is 0 Å². The Kier molecular flexibility index (Phi) is 7.72. The fraction of sp³-hybridized carbons (Fsp3) is 0.714. The van der Waals surface area contributed by atoms with E-state index in [0.29, 0.717) is 6.08 Å². The largest absolute Gasteiger partial charge is 0.475 e. The highest BCUT2D eigenvalue weighted by Crippen LogP contribution is 2.29. The molecule has 1 amide bonds. The fourth-order valence-corrected chi connectivity index (χ4v) is 3.39. The summed E-state index contributed by atoms with van der Waals surface area (Å²) in [6, 6.07) is -1.49. The fourth-order valence-electron chi connectivity index (χ4n) is 2.90. The summed E-state index contributed by atoms with van der Waals surface area (Å²) < 4.78 is 50.7. The molecule has 0 aliphatic carbocycles. The average molecular weight is 459 g/mol. The Morgan fingerprint density at radius 1 is 1.23 bits per heavy atom. The van der Waals surface area contributed by atoms with Crippen LogP contribution in [-0.4, -0.2) is 106 Å². The SMILES string of the molecule is CC(=O)NC1C(O)OC(CO)[C@@H](O)[C@@H]1O[C@@H]1OC(C(=O)O)=C[C@H](O)C1OS(=O)(=O)O. The van der Waals surface area contributed by atoms with Crippen molar-refractivity contribution in [2.75, 3.05) is 6.61 Å². The molecule has 2 rings (SSSR count). The summed E-state index contributed by atoms with van der Waals surface area (Å²) in [6.07, 6.45) is -12.2. The maximum absolute atomic E-state index is 11.4. The molecule has 1 saturated heterocycles. The third-order valence-corrected chi connectivity index (χ3v) is 4.61. The Morgan fingerprint density at radius 2 is 1.87 bits per heavy atom. The van der Waals surface area contributed by atoms with E-state index in [2.05, 4.69) is 9.50 Å². The molecule has 2 aliphatic heterocycles. The van der Waals surface area contributed by atoms with Crippen molar-refractivity contribution in [3.8, 4) is 0 Å². The van der Waals surface area contributed by atoms with Crippen molar-refractivity contribution >= 4 is 22.3 Å². The van der Waals surface area contributed by atoms with E-state index in [0.717, 1.165) is 6.92 Å². The number of ether oxygens (including phenoxy) is 3. The van der Waals surface area contributed by atoms with Gasteiger partial charge in [0, 0.05) is 6.92 Å². The minimum atomic E-state index is -5.18. The van der Waals surface area contributed by atoms with Crippen molar-refractivity contribution in [3.05, 3.63) is 11.8 Å². The van der Waals surface area contributed by atoms with Gasteiger partial charge in [0.25, 0.3) is 0 Å². The van der Waals surface area contributed by atoms with Gasteiger partial charge in [-0.25, -0.2) is 8.98 Å². The summed E-state index contributed by atoms with van der Waals surface area (Å²) in [5.74, 6) is -3.25. The maximum Gasteiger partial charge on any atom is 0.397 e. The van der Waals surface area contributed by atoms with Crippen LogP contribution < -0.4 is 5.32 Å². The number of carboxylic acids is 1. The third kappa shape index (κ3) is 5.84. The lowest BCUT2D eigenvalue weighted by Crippen LogP contribution is -2.66. The molecule has 16 heteroatoms. The summed E-state index contributed by atoms with van der Waals surface area (Å²) in [5, 5.41) is 51.1. The summed E-state index contributed by atoms with van der Waals surface area (Å²) in [6.45, 7) is 0.259. The molecule has 0 bridgehead atoms. The van der Waals surface area contributed by atoms with E-state index in [4.69, 9.17) is 23.9 Å². The van der Waals surface area contributed by atoms with Crippen molar-refractivity contribution in [1.82, 2.24) is 5.32 Å². The number of aliphatic carboxylic acids is 1. The Labute approximate surface area is 169 Å². The molecular weight excluding hydrogens is 438 g/mol. The highest BCUT2D eigenvalue weighted by atomic mass is 32.3. The van der Waals surface area contributed by atoms with Crippen LogP contribution in [0.3, 0.4) is 0 Å². The van der Waals surface area contributed by atoms with Crippen LogP contribution in [0.15, 0.2) is 11.8 Å². The van der Waals surface area contributed by atoms with Gasteiger partial charge < -0.3 is 45.1 Å². The zero-order valence-electron chi connectivity index (χ0n) is 15.3. The minimum absolute atomic E-state index is 0.578. The monoisotopic (exact) mass is 459 g/mol. The van der Waals surface area contributed by atoms with Gasteiger partial charge in [-0.05, 0) is 6.08 Å². The predicted molar refractivity (Wildman–Crippen MR) is 89.5 cm³/mol. The number of carbonyl (C=O) groups excluding carboxylic acids is 1. The van der Waals surface area contributed by atoms with Crippen molar-refractivity contribution in [2.24, 2.45) is 0 Å². The highest BCUT2D eigenvalue weighted by Gasteiger charge is 2.50. The van der Waals surface area contributed by atoms with E-state index in [1.807, 2.05) is 0 Å². The van der Waals surface area contributed by atoms with Crippen LogP contribution in [-0.2, 0) is 38.4 Å². The highest BCUT2D eigenvalue weighted by molar-refractivity contribution is 7.80. The normalized spacial score (nSPS) is 37.1. The first-order valence-electron chi connectivity index (χ1n) is 8.34. The standard InChI is InChI=1S/C14H21NO14S/c1-4(17)15-8-11(9(19)7(3-16)26-13(8)22)28-14-10(29-30(23,24)25)5(18)2-6(27-14)12(20)21/h2,5,7-11,13-14,16,18-19,22H,3H2,1H3,(H,15,17)(H,20,21)(H,23,24,25)/t5-,7?,8?,9+,10?,11+,13?,14-/m0/s1. The average Bonchev–Trinajstić information content (AvgIpc) is 2.61. The molecule has 2 heterocycles. The molecule has 1 fully saturated rings. The second-order valence-electron chi connectivity index (χ2n) is 6.37. The second kappa shape index (κ2) is 9.50. The van der Waals surface area contributed by atoms with E-state index < -0.39 is 83.8 Å². The molecule has 4 unspecified atom stereocenters. The van der Waals surface area contributed by atoms with Gasteiger partial charge in [-0.15, -0.1) is 0 Å². The number of amides is 1. The van der Waals surface area contributed by atoms with Gasteiger partial charge in [0.15, 0.2) is 12.4 Å². The van der Waals surface area contributed by atoms with Crippen molar-refractivity contribution in [3.63, 3.8) is 0 Å². The van der Waals surface area contributed by atoms with Crippen LogP contribution in [0.2, 0.25) is 0 Å². The van der Waals surface area contributed by atoms with Crippen LogP contribution >= 0.6 is 0 Å². The van der Waals surface area contributed by atoms with Gasteiger partial charge in [-0.2, -0.15) is 8.42 Å². The number of aliphatic hydroxyl groups excluding tert-OH is 4. The first-order chi connectivity index (χ1) is 13.8. The Bertz CT molecular complexity index is 784. The van der Waals surface area contributed by atoms with Crippen LogP contribution in [0.25, 0.3) is 0 Å². The molecule has 30 heavy (non-hydrogen) atoms. The summed E-state index contributed by atoms with van der Waals surface area (Å²) in [4.78, 5) is 22.6. The summed E-state index contributed by atoms with van der Waals surface area (Å²) >= 11 is 0. The molecule has 0 saturated carbocycles. The number of rotatable bonds is 7. The van der Waals surface area contributed by atoms with Crippen molar-refractivity contribution in [1.29, 1.82) is 0 Å². The van der Waals surface area contributed by atoms with Gasteiger partial charge in [-0.1, -0.05) is 0 Å². The van der Waals surface area contributed by atoms with Gasteiger partial charge in [-0.3, -0.25) is 9.35 Å². The summed E-state index contributed by atoms with van der Waals surface area (Å²) in [7, 11) is -5.18. The maximum atomic E-state index is 11.4. The molecule has 7 N–H and O–H groups in total. The Morgan fingerprint density at radius 3 is 2.37 bits per heavy atom. The minimum Gasteiger partial charge on any atom is -0.475 e. The number of nitrogens with one attached hydrogen (secondary N) is 1. The quantitative estimate of drug-likeness (QED) is 0.179. The molecule has 0 spiro atoms. The van der Waals surface area contributed by atoms with Gasteiger partial charge in [0.05, 0.1) is 6.61 Å². The van der Waals surface area contributed by atoms with Crippen LogP contribution in [0.1, 0.15) is 6.92 Å². The lowest BCUT2D eigenvalue weighted by Gasteiger charge is -2.44. The second-order valence-corrected chi connectivity index (χ2v) is 7.41. The Hall–Kier alpha value is -1.89. The van der Waals surface area contributed by atoms with Crippen LogP contribution in [0, 0.1) is 0 Å². The van der Waals surface area contributed by atoms with Gasteiger partial charge >= 0.3 is 16.4 Å². The van der Waals surface area contributed by atoms with E-state index in [-0.39, 0.29) is 0 Å². The molecule has 0 aromatic rings. The van der Waals surface area contributed by atoms with E-state index in [1.54, 1.807) is 0 Å². The first kappa shape index (κ1) is 24.4. The number of carbonyl (C=O) groups is 2. The Balaban J connectivity index is 2.38. The molecular formula is C14H21NO14S. The lowest BCUT2D eigenvalue weighted by molar-refractivity contribution is -0.300. The molecule has 15 nitrogen and oxygen atoms in total. The lowest BCUT2D eigenvalue weighted by atomic mass is 9.96. The number of carboxylic acid groups (broad SMARTS) is 1. The molecule has 8 atom stereocenters. The third-order valence-electron chi connectivity index (χ3n) is 4.15. The smallest absolute Gasteiger partial charge is 0.397 e. The van der Waals surface area contributed by atoms with E-state index >= 15 is 0 Å². The number of hydrogen-bond acceptors (Lipinski definition) is 12. The molecule has 0 aromatic heterocycles. The zero-order chi connectivity index (χ0) is 22.8. The van der Waals surface area contributed by atoms with Crippen molar-refractivity contribution in [2.45, 2.75) is 56.1 Å². The first-order valence-corrected chi connectivity index (χ1v) is 9.71. The predicted octanol–water partition coefficient (Wildman–Crippen LogP) is -4.18. The topological polar surface area (TPSA) is 239 Å². The van der Waals surface area contributed by atoms with E-state index in [9.17, 15) is 38.4 Å².